The third kappa shape index (κ3) is 6.68. The molecular formula is C24H32Cl2N2O2. The van der Waals surface area contributed by atoms with Crippen molar-refractivity contribution in [2.75, 3.05) is 46.6 Å². The Balaban J connectivity index is 1.56. The van der Waals surface area contributed by atoms with Crippen LogP contribution in [0.2, 0.25) is 10.0 Å². The average Bonchev–Trinajstić information content (AvgIpc) is 2.73. The monoisotopic (exact) mass is 450 g/mol. The largest absolute Gasteiger partial charge is 0.379 e. The van der Waals surface area contributed by atoms with Crippen molar-refractivity contribution in [1.29, 1.82) is 0 Å². The van der Waals surface area contributed by atoms with Crippen molar-refractivity contribution in [3.05, 3.63) is 68.7 Å². The summed E-state index contributed by atoms with van der Waals surface area (Å²) in [6.45, 7) is 8.35. The minimum Gasteiger partial charge on any atom is -0.379 e. The zero-order valence-corrected chi connectivity index (χ0v) is 19.4. The Morgan fingerprint density at radius 1 is 1.07 bits per heavy atom. The molecule has 0 saturated carbocycles. The number of rotatable bonds is 11. The topological polar surface area (TPSA) is 33.7 Å². The molecule has 1 heterocycles. The maximum Gasteiger partial charge on any atom is 0.0701 e. The highest BCUT2D eigenvalue weighted by Crippen LogP contribution is 2.38. The molecular weight excluding hydrogens is 419 g/mol. The molecule has 2 aromatic carbocycles. The van der Waals surface area contributed by atoms with Crippen LogP contribution in [0.25, 0.3) is 0 Å². The van der Waals surface area contributed by atoms with Crippen molar-refractivity contribution in [2.45, 2.75) is 32.4 Å². The van der Waals surface area contributed by atoms with Gasteiger partial charge in [-0.3, -0.25) is 0 Å². The van der Waals surface area contributed by atoms with Gasteiger partial charge in [0.25, 0.3) is 0 Å². The third-order valence-corrected chi connectivity index (χ3v) is 5.87. The summed E-state index contributed by atoms with van der Waals surface area (Å²) in [5.74, 6) is 0.265. The van der Waals surface area contributed by atoms with E-state index in [2.05, 4.69) is 54.5 Å². The SMILES string of the molecule is CCCOCCOCCNCc1cccc(C2CN(C)Cc3c(Cl)cc(Cl)cc32)c1. The van der Waals surface area contributed by atoms with Gasteiger partial charge in [-0.25, -0.2) is 0 Å². The zero-order valence-electron chi connectivity index (χ0n) is 17.9. The lowest BCUT2D eigenvalue weighted by Crippen LogP contribution is -2.31. The smallest absolute Gasteiger partial charge is 0.0701 e. The van der Waals surface area contributed by atoms with Crippen molar-refractivity contribution < 1.29 is 9.47 Å². The van der Waals surface area contributed by atoms with Crippen LogP contribution in [-0.2, 0) is 22.6 Å². The lowest BCUT2D eigenvalue weighted by atomic mass is 9.84. The maximum atomic E-state index is 6.50. The van der Waals surface area contributed by atoms with Crippen LogP contribution in [-0.4, -0.2) is 51.5 Å². The van der Waals surface area contributed by atoms with E-state index in [9.17, 15) is 0 Å². The van der Waals surface area contributed by atoms with Gasteiger partial charge in [0.05, 0.1) is 19.8 Å². The minimum atomic E-state index is 0.265. The van der Waals surface area contributed by atoms with E-state index in [0.29, 0.717) is 24.8 Å². The zero-order chi connectivity index (χ0) is 21.3. The summed E-state index contributed by atoms with van der Waals surface area (Å²) in [5.41, 5.74) is 4.99. The molecule has 1 aliphatic heterocycles. The number of hydrogen-bond acceptors (Lipinski definition) is 4. The Morgan fingerprint density at radius 2 is 1.87 bits per heavy atom. The Kier molecular flexibility index (Phi) is 9.44. The van der Waals surface area contributed by atoms with Crippen molar-refractivity contribution in [3.8, 4) is 0 Å². The molecule has 1 N–H and O–H groups in total. The number of fused-ring (bicyclic) bond motifs is 1. The summed E-state index contributed by atoms with van der Waals surface area (Å²) in [7, 11) is 2.14. The summed E-state index contributed by atoms with van der Waals surface area (Å²) in [6, 6.07) is 12.7. The lowest BCUT2D eigenvalue weighted by Gasteiger charge is -2.33. The predicted molar refractivity (Wildman–Crippen MR) is 125 cm³/mol. The van der Waals surface area contributed by atoms with Crippen LogP contribution in [0.15, 0.2) is 36.4 Å². The Labute approximate surface area is 190 Å². The van der Waals surface area contributed by atoms with Crippen LogP contribution in [0.3, 0.4) is 0 Å². The van der Waals surface area contributed by atoms with Crippen LogP contribution in [0.1, 0.15) is 41.5 Å². The molecule has 164 valence electrons. The van der Waals surface area contributed by atoms with E-state index in [0.717, 1.165) is 44.2 Å². The first-order valence-electron chi connectivity index (χ1n) is 10.7. The van der Waals surface area contributed by atoms with Gasteiger partial charge >= 0.3 is 0 Å². The second-order valence-electron chi connectivity index (χ2n) is 7.85. The fourth-order valence-corrected chi connectivity index (χ4v) is 4.46. The van der Waals surface area contributed by atoms with Crippen molar-refractivity contribution in [2.24, 2.45) is 0 Å². The molecule has 0 radical (unpaired) electrons. The van der Waals surface area contributed by atoms with Gasteiger partial charge in [-0.2, -0.15) is 0 Å². The molecule has 0 bridgehead atoms. The highest BCUT2D eigenvalue weighted by molar-refractivity contribution is 6.35. The van der Waals surface area contributed by atoms with Crippen molar-refractivity contribution >= 4 is 23.2 Å². The minimum absolute atomic E-state index is 0.265. The molecule has 0 aromatic heterocycles. The standard InChI is InChI=1S/C24H32Cl2N2O2/c1-3-8-29-10-11-30-9-7-27-15-18-5-4-6-19(12-18)22-16-28(2)17-23-21(22)13-20(25)14-24(23)26/h4-6,12-14,22,27H,3,7-11,15-17H2,1-2H3. The number of halogens is 2. The van der Waals surface area contributed by atoms with Gasteiger partial charge in [0.15, 0.2) is 0 Å². The molecule has 0 amide bonds. The number of hydrogen-bond donors (Lipinski definition) is 1. The Morgan fingerprint density at radius 3 is 2.67 bits per heavy atom. The fourth-order valence-electron chi connectivity index (χ4n) is 3.89. The maximum absolute atomic E-state index is 6.50. The third-order valence-electron chi connectivity index (χ3n) is 5.32. The molecule has 1 aliphatic rings. The van der Waals surface area contributed by atoms with Crippen LogP contribution in [0.5, 0.6) is 0 Å². The molecule has 1 atom stereocenters. The summed E-state index contributed by atoms with van der Waals surface area (Å²) in [5, 5.41) is 4.92. The second-order valence-corrected chi connectivity index (χ2v) is 8.69. The second kappa shape index (κ2) is 12.0. The Bertz CT molecular complexity index is 816. The number of benzene rings is 2. The van der Waals surface area contributed by atoms with Gasteiger partial charge < -0.3 is 19.7 Å². The van der Waals surface area contributed by atoms with E-state index < -0.39 is 0 Å². The van der Waals surface area contributed by atoms with Gasteiger partial charge in [0.2, 0.25) is 0 Å². The summed E-state index contributed by atoms with van der Waals surface area (Å²) >= 11 is 12.8. The van der Waals surface area contributed by atoms with E-state index in [1.165, 1.54) is 22.3 Å². The van der Waals surface area contributed by atoms with Crippen LogP contribution in [0.4, 0.5) is 0 Å². The molecule has 0 fully saturated rings. The average molecular weight is 451 g/mol. The molecule has 2 aromatic rings. The van der Waals surface area contributed by atoms with E-state index in [-0.39, 0.29) is 5.92 Å². The Hall–Kier alpha value is -1.14. The first-order valence-corrected chi connectivity index (χ1v) is 11.5. The highest BCUT2D eigenvalue weighted by Gasteiger charge is 2.27. The molecule has 0 aliphatic carbocycles. The summed E-state index contributed by atoms with van der Waals surface area (Å²) < 4.78 is 11.0. The number of likely N-dealkylation sites (N-methyl/N-ethyl adjacent to an activating group) is 1. The van der Waals surface area contributed by atoms with Crippen LogP contribution < -0.4 is 5.32 Å². The van der Waals surface area contributed by atoms with Crippen LogP contribution in [0, 0.1) is 0 Å². The van der Waals surface area contributed by atoms with E-state index >= 15 is 0 Å². The van der Waals surface area contributed by atoms with E-state index in [1.807, 2.05) is 6.07 Å². The molecule has 6 heteroatoms. The summed E-state index contributed by atoms with van der Waals surface area (Å²) in [6.07, 6.45) is 1.05. The molecule has 4 nitrogen and oxygen atoms in total. The van der Waals surface area contributed by atoms with Gasteiger partial charge in [-0.15, -0.1) is 0 Å². The lowest BCUT2D eigenvalue weighted by molar-refractivity contribution is 0.0490. The quantitative estimate of drug-likeness (QED) is 0.482. The van der Waals surface area contributed by atoms with Gasteiger partial charge in [-0.05, 0) is 47.9 Å². The van der Waals surface area contributed by atoms with E-state index in [4.69, 9.17) is 32.7 Å². The number of ether oxygens (including phenoxy) is 2. The summed E-state index contributed by atoms with van der Waals surface area (Å²) in [4.78, 5) is 2.32. The molecule has 1 unspecified atom stereocenters. The normalized spacial score (nSPS) is 16.6. The van der Waals surface area contributed by atoms with Gasteiger partial charge in [0, 0.05) is 48.7 Å². The van der Waals surface area contributed by atoms with E-state index in [1.54, 1.807) is 0 Å². The van der Waals surface area contributed by atoms with Crippen molar-refractivity contribution in [1.82, 2.24) is 10.2 Å². The molecule has 0 spiro atoms. The number of nitrogens with zero attached hydrogens (tertiary/aromatic N) is 1. The van der Waals surface area contributed by atoms with Crippen molar-refractivity contribution in [3.63, 3.8) is 0 Å². The highest BCUT2D eigenvalue weighted by atomic mass is 35.5. The molecule has 0 saturated heterocycles. The molecule has 3 rings (SSSR count). The predicted octanol–water partition coefficient (Wildman–Crippen LogP) is 5.10. The number of nitrogens with one attached hydrogen (secondary N) is 1. The van der Waals surface area contributed by atoms with Gasteiger partial charge in [0.1, 0.15) is 0 Å². The molecule has 30 heavy (non-hydrogen) atoms. The first kappa shape index (κ1) is 23.5. The van der Waals surface area contributed by atoms with Crippen LogP contribution >= 0.6 is 23.2 Å². The fraction of sp³-hybridized carbons (Fsp3) is 0.500. The van der Waals surface area contributed by atoms with Gasteiger partial charge in [-0.1, -0.05) is 54.4 Å². The first-order chi connectivity index (χ1) is 14.6.